The number of nitrogens with one attached hydrogen (secondary N) is 1. The molecule has 0 spiro atoms. The first-order chi connectivity index (χ1) is 12.7. The first-order valence-electron chi connectivity index (χ1n) is 8.17. The fourth-order valence-electron chi connectivity index (χ4n) is 2.73. The second kappa shape index (κ2) is 7.32. The minimum absolute atomic E-state index is 0.159. The van der Waals surface area contributed by atoms with Crippen LogP contribution in [0.3, 0.4) is 0 Å². The van der Waals surface area contributed by atoms with Gasteiger partial charge in [-0.2, -0.15) is 18.3 Å². The Labute approximate surface area is 157 Å². The summed E-state index contributed by atoms with van der Waals surface area (Å²) in [6.45, 7) is 3.96. The van der Waals surface area contributed by atoms with Crippen LogP contribution < -0.4 is 5.32 Å². The summed E-state index contributed by atoms with van der Waals surface area (Å²) >= 11 is 1.19. The predicted octanol–water partition coefficient (Wildman–Crippen LogP) is 4.18. The highest BCUT2D eigenvalue weighted by Gasteiger charge is 2.31. The maximum absolute atomic E-state index is 13.0. The lowest BCUT2D eigenvalue weighted by Crippen LogP contribution is -2.35. The van der Waals surface area contributed by atoms with Crippen LogP contribution >= 0.6 is 11.3 Å². The van der Waals surface area contributed by atoms with Crippen molar-refractivity contribution in [3.8, 4) is 5.69 Å². The molecule has 3 rings (SSSR count). The zero-order valence-electron chi connectivity index (χ0n) is 14.9. The van der Waals surface area contributed by atoms with Crippen molar-refractivity contribution in [3.05, 3.63) is 46.5 Å². The third-order valence-electron chi connectivity index (χ3n) is 3.98. The minimum Gasteiger partial charge on any atom is -0.383 e. The number of aryl methyl sites for hydroxylation is 1. The SMILES string of the molecule is COC[C@@H](C)NC(=O)c1cc2c(C)nn(-c3cccc(C(F)(F)F)c3)c2s1. The van der Waals surface area contributed by atoms with Crippen LogP contribution in [0.2, 0.25) is 0 Å². The Kier molecular flexibility index (Phi) is 5.25. The highest BCUT2D eigenvalue weighted by molar-refractivity contribution is 7.20. The quantitative estimate of drug-likeness (QED) is 0.703. The number of hydrogen-bond donors (Lipinski definition) is 1. The number of fused-ring (bicyclic) bond motifs is 1. The van der Waals surface area contributed by atoms with E-state index in [9.17, 15) is 18.0 Å². The number of thiophene rings is 1. The van der Waals surface area contributed by atoms with Gasteiger partial charge in [-0.1, -0.05) is 6.07 Å². The van der Waals surface area contributed by atoms with E-state index < -0.39 is 11.7 Å². The van der Waals surface area contributed by atoms with E-state index in [1.807, 2.05) is 6.92 Å². The van der Waals surface area contributed by atoms with Crippen molar-refractivity contribution in [1.29, 1.82) is 0 Å². The maximum Gasteiger partial charge on any atom is 0.416 e. The molecule has 0 radical (unpaired) electrons. The van der Waals surface area contributed by atoms with Crippen molar-refractivity contribution in [1.82, 2.24) is 15.1 Å². The number of ether oxygens (including phenoxy) is 1. The van der Waals surface area contributed by atoms with E-state index in [2.05, 4.69) is 10.4 Å². The topological polar surface area (TPSA) is 56.1 Å². The first kappa shape index (κ1) is 19.4. The van der Waals surface area contributed by atoms with Crippen molar-refractivity contribution in [3.63, 3.8) is 0 Å². The number of carbonyl (C=O) groups excluding carboxylic acids is 1. The highest BCUT2D eigenvalue weighted by Crippen LogP contribution is 2.33. The summed E-state index contributed by atoms with van der Waals surface area (Å²) in [5, 5.41) is 7.90. The Bertz CT molecular complexity index is 978. The largest absolute Gasteiger partial charge is 0.416 e. The molecule has 1 aromatic carbocycles. The molecule has 1 amide bonds. The summed E-state index contributed by atoms with van der Waals surface area (Å²) in [5.74, 6) is -0.254. The van der Waals surface area contributed by atoms with E-state index >= 15 is 0 Å². The van der Waals surface area contributed by atoms with Crippen molar-refractivity contribution in [2.75, 3.05) is 13.7 Å². The molecule has 0 saturated heterocycles. The van der Waals surface area contributed by atoms with Gasteiger partial charge in [0, 0.05) is 18.5 Å². The van der Waals surface area contributed by atoms with Crippen LogP contribution in [-0.2, 0) is 10.9 Å². The number of halogens is 3. The molecule has 0 aliphatic heterocycles. The number of methoxy groups -OCH3 is 1. The molecule has 144 valence electrons. The van der Waals surface area contributed by atoms with Crippen LogP contribution in [0.4, 0.5) is 13.2 Å². The smallest absolute Gasteiger partial charge is 0.383 e. The Balaban J connectivity index is 1.99. The number of carbonyl (C=O) groups is 1. The van der Waals surface area contributed by atoms with Gasteiger partial charge in [0.2, 0.25) is 0 Å². The molecular weight excluding hydrogens is 379 g/mol. The van der Waals surface area contributed by atoms with E-state index in [0.29, 0.717) is 27.7 Å². The maximum atomic E-state index is 13.0. The molecule has 2 aromatic heterocycles. The lowest BCUT2D eigenvalue weighted by atomic mass is 10.2. The van der Waals surface area contributed by atoms with Gasteiger partial charge >= 0.3 is 6.18 Å². The Morgan fingerprint density at radius 1 is 1.37 bits per heavy atom. The molecular formula is C18H18F3N3O2S. The summed E-state index contributed by atoms with van der Waals surface area (Å²) < 4.78 is 45.5. The average molecular weight is 397 g/mol. The number of benzene rings is 1. The zero-order chi connectivity index (χ0) is 19.8. The molecule has 0 saturated carbocycles. The Hall–Kier alpha value is -2.39. The molecule has 2 heterocycles. The molecule has 0 bridgehead atoms. The number of nitrogens with zero attached hydrogens (tertiary/aromatic N) is 2. The number of aromatic nitrogens is 2. The average Bonchev–Trinajstić information content (AvgIpc) is 3.15. The Morgan fingerprint density at radius 2 is 2.11 bits per heavy atom. The Morgan fingerprint density at radius 3 is 2.78 bits per heavy atom. The van der Waals surface area contributed by atoms with Crippen molar-refractivity contribution < 1.29 is 22.7 Å². The number of alkyl halides is 3. The van der Waals surface area contributed by atoms with Gasteiger partial charge in [0.25, 0.3) is 5.91 Å². The van der Waals surface area contributed by atoms with Crippen molar-refractivity contribution >= 4 is 27.5 Å². The second-order valence-electron chi connectivity index (χ2n) is 6.20. The molecule has 0 aliphatic rings. The lowest BCUT2D eigenvalue weighted by Gasteiger charge is -2.11. The number of rotatable bonds is 5. The van der Waals surface area contributed by atoms with Crippen LogP contribution in [0.25, 0.3) is 15.9 Å². The van der Waals surface area contributed by atoms with E-state index in [4.69, 9.17) is 4.74 Å². The molecule has 3 aromatic rings. The standard InChI is InChI=1S/C18H18F3N3O2S/c1-10(9-26-3)22-16(25)15-8-14-11(2)23-24(17(14)27-15)13-6-4-5-12(7-13)18(19,20)21/h4-8,10H,9H2,1-3H3,(H,22,25)/t10-/m1/s1. The van der Waals surface area contributed by atoms with Crippen molar-refractivity contribution in [2.24, 2.45) is 0 Å². The third-order valence-corrected chi connectivity index (χ3v) is 5.09. The minimum atomic E-state index is -4.44. The number of amides is 1. The molecule has 0 unspecified atom stereocenters. The van der Waals surface area contributed by atoms with Crippen LogP contribution in [0.1, 0.15) is 27.9 Å². The molecule has 1 atom stereocenters. The van der Waals surface area contributed by atoms with E-state index in [1.165, 1.54) is 22.1 Å². The molecule has 9 heteroatoms. The summed E-state index contributed by atoms with van der Waals surface area (Å²) in [6, 6.07) is 6.51. The van der Waals surface area contributed by atoms with E-state index in [1.54, 1.807) is 26.2 Å². The van der Waals surface area contributed by atoms with Gasteiger partial charge in [0.1, 0.15) is 4.83 Å². The normalized spacial score (nSPS) is 13.1. The fourth-order valence-corrected chi connectivity index (χ4v) is 3.82. The molecule has 0 aliphatic carbocycles. The monoisotopic (exact) mass is 397 g/mol. The van der Waals surface area contributed by atoms with Gasteiger partial charge in [-0.15, -0.1) is 11.3 Å². The van der Waals surface area contributed by atoms with Crippen LogP contribution in [0.15, 0.2) is 30.3 Å². The first-order valence-corrected chi connectivity index (χ1v) is 8.99. The number of hydrogen-bond acceptors (Lipinski definition) is 4. The molecule has 5 nitrogen and oxygen atoms in total. The molecule has 1 N–H and O–H groups in total. The van der Waals surface area contributed by atoms with E-state index in [0.717, 1.165) is 17.5 Å². The highest BCUT2D eigenvalue weighted by atomic mass is 32.1. The second-order valence-corrected chi connectivity index (χ2v) is 7.24. The van der Waals surface area contributed by atoms with Gasteiger partial charge in [-0.05, 0) is 38.1 Å². The van der Waals surface area contributed by atoms with Gasteiger partial charge in [-0.3, -0.25) is 4.79 Å². The fraction of sp³-hybridized carbons (Fsp3) is 0.333. The van der Waals surface area contributed by atoms with Crippen LogP contribution in [-0.4, -0.2) is 35.4 Å². The van der Waals surface area contributed by atoms with Gasteiger partial charge < -0.3 is 10.1 Å². The van der Waals surface area contributed by atoms with Gasteiger partial charge in [0.05, 0.1) is 28.4 Å². The predicted molar refractivity (Wildman–Crippen MR) is 97.5 cm³/mol. The summed E-state index contributed by atoms with van der Waals surface area (Å²) in [4.78, 5) is 13.5. The van der Waals surface area contributed by atoms with Gasteiger partial charge in [-0.25, -0.2) is 4.68 Å². The van der Waals surface area contributed by atoms with Crippen LogP contribution in [0, 0.1) is 6.92 Å². The van der Waals surface area contributed by atoms with Gasteiger partial charge in [0.15, 0.2) is 0 Å². The summed E-state index contributed by atoms with van der Waals surface area (Å²) in [5.41, 5.74) is 0.191. The zero-order valence-corrected chi connectivity index (χ0v) is 15.7. The summed E-state index contributed by atoms with van der Waals surface area (Å²) in [7, 11) is 1.55. The van der Waals surface area contributed by atoms with Crippen molar-refractivity contribution in [2.45, 2.75) is 26.1 Å². The molecule has 27 heavy (non-hydrogen) atoms. The molecule has 0 fully saturated rings. The van der Waals surface area contributed by atoms with E-state index in [-0.39, 0.29) is 11.9 Å². The lowest BCUT2D eigenvalue weighted by molar-refractivity contribution is -0.137. The summed E-state index contributed by atoms with van der Waals surface area (Å²) in [6.07, 6.45) is -4.44. The third kappa shape index (κ3) is 3.98. The van der Waals surface area contributed by atoms with Crippen LogP contribution in [0.5, 0.6) is 0 Å².